The zero-order valence-electron chi connectivity index (χ0n) is 18.5. The molecular formula is C24H34N2O3. The highest BCUT2D eigenvalue weighted by atomic mass is 16.5. The van der Waals surface area contributed by atoms with Gasteiger partial charge in [0.1, 0.15) is 5.76 Å². The molecule has 1 fully saturated rings. The predicted octanol–water partition coefficient (Wildman–Crippen LogP) is 4.91. The lowest BCUT2D eigenvalue weighted by Crippen LogP contribution is -2.32. The highest BCUT2D eigenvalue weighted by molar-refractivity contribution is 5.78. The lowest BCUT2D eigenvalue weighted by Gasteiger charge is -2.25. The van der Waals surface area contributed by atoms with E-state index in [4.69, 9.17) is 9.15 Å². The highest BCUT2D eigenvalue weighted by Gasteiger charge is 2.20. The third kappa shape index (κ3) is 5.69. The van der Waals surface area contributed by atoms with Crippen molar-refractivity contribution < 1.29 is 13.9 Å². The van der Waals surface area contributed by atoms with Crippen LogP contribution >= 0.6 is 0 Å². The molecule has 0 aliphatic carbocycles. The Labute approximate surface area is 174 Å². The van der Waals surface area contributed by atoms with Gasteiger partial charge >= 0.3 is 0 Å². The van der Waals surface area contributed by atoms with Crippen LogP contribution in [0, 0.1) is 6.92 Å². The van der Waals surface area contributed by atoms with Crippen molar-refractivity contribution >= 4 is 5.91 Å². The number of hydrogen-bond acceptors (Lipinski definition) is 4. The first kappa shape index (κ1) is 21.6. The Balaban J connectivity index is 1.60. The average Bonchev–Trinajstić information content (AvgIpc) is 3.06. The molecule has 1 amide bonds. The van der Waals surface area contributed by atoms with E-state index in [1.807, 2.05) is 26.1 Å². The summed E-state index contributed by atoms with van der Waals surface area (Å²) >= 11 is 0. The Bertz CT molecular complexity index is 812. The number of aromatic nitrogens is 1. The van der Waals surface area contributed by atoms with E-state index in [9.17, 15) is 4.79 Å². The van der Waals surface area contributed by atoms with E-state index < -0.39 is 0 Å². The summed E-state index contributed by atoms with van der Waals surface area (Å²) in [6, 6.07) is 8.29. The first-order valence-electron chi connectivity index (χ1n) is 10.7. The molecular weight excluding hydrogens is 364 g/mol. The summed E-state index contributed by atoms with van der Waals surface area (Å²) in [7, 11) is 1.85. The van der Waals surface area contributed by atoms with Crippen molar-refractivity contribution in [1.29, 1.82) is 0 Å². The summed E-state index contributed by atoms with van der Waals surface area (Å²) < 4.78 is 11.6. The Kier molecular flexibility index (Phi) is 6.78. The lowest BCUT2D eigenvalue weighted by molar-refractivity contribution is -0.129. The molecule has 0 radical (unpaired) electrons. The molecule has 1 atom stereocenters. The zero-order chi connectivity index (χ0) is 21.0. The molecule has 29 heavy (non-hydrogen) atoms. The number of oxazole rings is 1. The maximum absolute atomic E-state index is 12.6. The number of benzene rings is 1. The number of likely N-dealkylation sites (N-methyl/N-ethyl adjacent to an activating group) is 1. The van der Waals surface area contributed by atoms with Gasteiger partial charge in [0, 0.05) is 25.8 Å². The molecule has 1 aromatic carbocycles. The third-order valence-corrected chi connectivity index (χ3v) is 5.70. The molecule has 1 unspecified atom stereocenters. The number of carbonyl (C=O) groups excluding carboxylic acids is 1. The lowest BCUT2D eigenvalue weighted by atomic mass is 9.87. The number of carbonyl (C=O) groups is 1. The number of amides is 1. The van der Waals surface area contributed by atoms with Gasteiger partial charge in [0.2, 0.25) is 11.8 Å². The van der Waals surface area contributed by atoms with Gasteiger partial charge in [0.05, 0.1) is 18.2 Å². The maximum Gasteiger partial charge on any atom is 0.228 e. The van der Waals surface area contributed by atoms with Crippen LogP contribution in [0.4, 0.5) is 0 Å². The van der Waals surface area contributed by atoms with E-state index in [-0.39, 0.29) is 23.8 Å². The van der Waals surface area contributed by atoms with Crippen molar-refractivity contribution in [3.8, 4) is 11.5 Å². The predicted molar refractivity (Wildman–Crippen MR) is 115 cm³/mol. The number of rotatable bonds is 6. The van der Waals surface area contributed by atoms with Crippen molar-refractivity contribution in [3.05, 3.63) is 41.3 Å². The topological polar surface area (TPSA) is 55.6 Å². The van der Waals surface area contributed by atoms with Gasteiger partial charge < -0.3 is 14.1 Å². The van der Waals surface area contributed by atoms with Gasteiger partial charge in [0.15, 0.2) is 0 Å². The highest BCUT2D eigenvalue weighted by Crippen LogP contribution is 2.27. The summed E-state index contributed by atoms with van der Waals surface area (Å²) in [5.74, 6) is 1.34. The molecule has 158 valence electrons. The van der Waals surface area contributed by atoms with Crippen LogP contribution in [0.15, 0.2) is 28.7 Å². The zero-order valence-corrected chi connectivity index (χ0v) is 18.5. The van der Waals surface area contributed by atoms with Crippen molar-refractivity contribution in [2.45, 2.75) is 71.3 Å². The van der Waals surface area contributed by atoms with Crippen LogP contribution in [0.5, 0.6) is 0 Å². The second-order valence-electron chi connectivity index (χ2n) is 9.12. The van der Waals surface area contributed by atoms with Crippen molar-refractivity contribution in [1.82, 2.24) is 9.88 Å². The van der Waals surface area contributed by atoms with Gasteiger partial charge in [-0.15, -0.1) is 0 Å². The molecule has 1 aromatic heterocycles. The monoisotopic (exact) mass is 398 g/mol. The minimum Gasteiger partial charge on any atom is -0.441 e. The SMILES string of the molecule is Cc1oc(-c2ccc(C(C)(C)C)cc2)nc1CC(=O)N(C)CCC1CCCCO1. The molecule has 0 bridgehead atoms. The van der Waals surface area contributed by atoms with Gasteiger partial charge in [-0.2, -0.15) is 0 Å². The molecule has 0 N–H and O–H groups in total. The van der Waals surface area contributed by atoms with Crippen LogP contribution in [0.1, 0.15) is 63.5 Å². The van der Waals surface area contributed by atoms with Gasteiger partial charge in [-0.3, -0.25) is 4.79 Å². The number of aryl methyl sites for hydroxylation is 1. The summed E-state index contributed by atoms with van der Waals surface area (Å²) in [6.45, 7) is 10.0. The van der Waals surface area contributed by atoms with Crippen molar-refractivity contribution in [2.75, 3.05) is 20.2 Å². The minimum atomic E-state index is 0.0619. The Morgan fingerprint density at radius 3 is 2.55 bits per heavy atom. The van der Waals surface area contributed by atoms with Gasteiger partial charge in [-0.25, -0.2) is 4.98 Å². The molecule has 2 aromatic rings. The molecule has 2 heterocycles. The van der Waals surface area contributed by atoms with Crippen LogP contribution < -0.4 is 0 Å². The van der Waals surface area contributed by atoms with E-state index in [1.54, 1.807) is 4.90 Å². The van der Waals surface area contributed by atoms with Crippen LogP contribution in [0.3, 0.4) is 0 Å². The third-order valence-electron chi connectivity index (χ3n) is 5.70. The Morgan fingerprint density at radius 2 is 1.93 bits per heavy atom. The van der Waals surface area contributed by atoms with E-state index in [0.717, 1.165) is 31.4 Å². The number of hydrogen-bond donors (Lipinski definition) is 0. The molecule has 0 spiro atoms. The summed E-state index contributed by atoms with van der Waals surface area (Å²) in [6.07, 6.45) is 4.92. The second kappa shape index (κ2) is 9.12. The molecule has 5 heteroatoms. The fourth-order valence-electron chi connectivity index (χ4n) is 3.60. The Hall–Kier alpha value is -2.14. The normalized spacial score (nSPS) is 17.3. The molecule has 0 saturated carbocycles. The van der Waals surface area contributed by atoms with Crippen molar-refractivity contribution in [3.63, 3.8) is 0 Å². The molecule has 1 saturated heterocycles. The van der Waals surface area contributed by atoms with E-state index in [2.05, 4.69) is 37.9 Å². The molecule has 1 aliphatic heterocycles. The summed E-state index contributed by atoms with van der Waals surface area (Å²) in [5, 5.41) is 0. The molecule has 5 nitrogen and oxygen atoms in total. The first-order valence-corrected chi connectivity index (χ1v) is 10.7. The largest absolute Gasteiger partial charge is 0.441 e. The van der Waals surface area contributed by atoms with Crippen LogP contribution in [-0.2, 0) is 21.4 Å². The summed E-state index contributed by atoms with van der Waals surface area (Å²) in [4.78, 5) is 19.0. The van der Waals surface area contributed by atoms with Gasteiger partial charge in [0.25, 0.3) is 0 Å². The van der Waals surface area contributed by atoms with Crippen LogP contribution in [0.25, 0.3) is 11.5 Å². The number of nitrogens with zero attached hydrogens (tertiary/aromatic N) is 2. The van der Waals surface area contributed by atoms with E-state index in [1.165, 1.54) is 12.0 Å². The number of ether oxygens (including phenoxy) is 1. The van der Waals surface area contributed by atoms with Crippen molar-refractivity contribution in [2.24, 2.45) is 0 Å². The second-order valence-corrected chi connectivity index (χ2v) is 9.12. The van der Waals surface area contributed by atoms with Crippen LogP contribution in [0.2, 0.25) is 0 Å². The fraction of sp³-hybridized carbons (Fsp3) is 0.583. The molecule has 1 aliphatic rings. The smallest absolute Gasteiger partial charge is 0.228 e. The standard InChI is InChI=1S/C24H34N2O3/c1-17-21(16-22(27)26(5)14-13-20-8-6-7-15-28-20)25-23(29-17)18-9-11-19(12-10-18)24(2,3)4/h9-12,20H,6-8,13-16H2,1-5H3. The maximum atomic E-state index is 12.6. The summed E-state index contributed by atoms with van der Waals surface area (Å²) in [5.41, 5.74) is 3.02. The first-order chi connectivity index (χ1) is 13.7. The average molecular weight is 399 g/mol. The fourth-order valence-corrected chi connectivity index (χ4v) is 3.60. The minimum absolute atomic E-state index is 0.0619. The van der Waals surface area contributed by atoms with Gasteiger partial charge in [-0.1, -0.05) is 32.9 Å². The van der Waals surface area contributed by atoms with Gasteiger partial charge in [-0.05, 0) is 55.7 Å². The van der Waals surface area contributed by atoms with Crippen LogP contribution in [-0.4, -0.2) is 42.1 Å². The molecule has 3 rings (SSSR count). The Morgan fingerprint density at radius 1 is 1.21 bits per heavy atom. The van der Waals surface area contributed by atoms with E-state index in [0.29, 0.717) is 23.9 Å². The van der Waals surface area contributed by atoms with E-state index >= 15 is 0 Å². The quantitative estimate of drug-likeness (QED) is 0.694.